The minimum Gasteiger partial charge on any atom is -0.385 e. The lowest BCUT2D eigenvalue weighted by molar-refractivity contribution is 0.100. The summed E-state index contributed by atoms with van der Waals surface area (Å²) in [4.78, 5) is 22.9. The van der Waals surface area contributed by atoms with Crippen LogP contribution in [-0.4, -0.2) is 37.7 Å². The first-order valence-electron chi connectivity index (χ1n) is 13.6. The highest BCUT2D eigenvalue weighted by atomic mass is 16.1. The second-order valence-electron chi connectivity index (χ2n) is 9.73. The molecule has 4 aromatic carbocycles. The third-order valence-electron chi connectivity index (χ3n) is 6.74. The van der Waals surface area contributed by atoms with Crippen LogP contribution >= 0.6 is 0 Å². The molecule has 4 aromatic rings. The second-order valence-corrected chi connectivity index (χ2v) is 9.73. The maximum Gasteiger partial charge on any atom is 0.159 e. The zero-order valence-electron chi connectivity index (χ0n) is 22.8. The lowest BCUT2D eigenvalue weighted by atomic mass is 10.0. The Morgan fingerprint density at radius 1 is 0.462 bits per heavy atom. The quantitative estimate of drug-likeness (QED) is 0.120. The Bertz CT molecular complexity index is 1240. The average Bonchev–Trinajstić information content (AvgIpc) is 2.97. The number of rotatable bonds is 14. The SMILES string of the molecule is CC(=O)c1ccc(-c2ccc(NCCCNCCCNc3ccc(-c4ccc(C(C)=O)cc4)cc3)cc2)cc1. The summed E-state index contributed by atoms with van der Waals surface area (Å²) in [6.07, 6.45) is 2.10. The molecule has 0 heterocycles. The molecule has 0 aliphatic carbocycles. The molecule has 39 heavy (non-hydrogen) atoms. The predicted molar refractivity (Wildman–Crippen MR) is 163 cm³/mol. The highest BCUT2D eigenvalue weighted by Crippen LogP contribution is 2.23. The molecule has 4 rings (SSSR count). The van der Waals surface area contributed by atoms with Crippen LogP contribution in [0.25, 0.3) is 22.3 Å². The fraction of sp³-hybridized carbons (Fsp3) is 0.235. The first kappa shape index (κ1) is 27.8. The minimum absolute atomic E-state index is 0.0879. The largest absolute Gasteiger partial charge is 0.385 e. The summed E-state index contributed by atoms with van der Waals surface area (Å²) in [6.45, 7) is 6.97. The van der Waals surface area contributed by atoms with Crippen molar-refractivity contribution in [1.82, 2.24) is 5.32 Å². The van der Waals surface area contributed by atoms with E-state index in [0.29, 0.717) is 0 Å². The van der Waals surface area contributed by atoms with Gasteiger partial charge in [0, 0.05) is 35.6 Å². The molecule has 3 N–H and O–H groups in total. The van der Waals surface area contributed by atoms with Crippen LogP contribution in [0.1, 0.15) is 47.4 Å². The van der Waals surface area contributed by atoms with E-state index in [0.717, 1.165) is 83.8 Å². The highest BCUT2D eigenvalue weighted by molar-refractivity contribution is 5.95. The number of ketones is 2. The number of hydrogen-bond donors (Lipinski definition) is 3. The van der Waals surface area contributed by atoms with Gasteiger partial charge in [0.2, 0.25) is 0 Å². The Morgan fingerprint density at radius 2 is 0.769 bits per heavy atom. The van der Waals surface area contributed by atoms with Crippen LogP contribution in [0.5, 0.6) is 0 Å². The molecule has 0 radical (unpaired) electrons. The molecule has 0 aliphatic rings. The number of anilines is 2. The molecule has 0 aromatic heterocycles. The van der Waals surface area contributed by atoms with E-state index in [9.17, 15) is 9.59 Å². The molecule has 0 spiro atoms. The number of carbonyl (C=O) groups is 2. The van der Waals surface area contributed by atoms with E-state index in [1.807, 2.05) is 48.5 Å². The molecule has 5 heteroatoms. The molecule has 0 saturated carbocycles. The van der Waals surface area contributed by atoms with Crippen molar-refractivity contribution in [2.45, 2.75) is 26.7 Å². The van der Waals surface area contributed by atoms with Crippen molar-refractivity contribution in [1.29, 1.82) is 0 Å². The molecule has 0 aliphatic heterocycles. The van der Waals surface area contributed by atoms with Crippen LogP contribution < -0.4 is 16.0 Å². The lowest BCUT2D eigenvalue weighted by Crippen LogP contribution is -2.21. The summed E-state index contributed by atoms with van der Waals surface area (Å²) in [7, 11) is 0. The van der Waals surface area contributed by atoms with Gasteiger partial charge in [-0.1, -0.05) is 72.8 Å². The van der Waals surface area contributed by atoms with Crippen molar-refractivity contribution in [3.63, 3.8) is 0 Å². The molecule has 0 fully saturated rings. The number of Topliss-reactive ketones (excluding diaryl/α,β-unsaturated/α-hetero) is 2. The summed E-state index contributed by atoms with van der Waals surface area (Å²) in [6, 6.07) is 32.3. The van der Waals surface area contributed by atoms with Gasteiger partial charge in [-0.3, -0.25) is 9.59 Å². The zero-order chi connectivity index (χ0) is 27.5. The van der Waals surface area contributed by atoms with E-state index in [4.69, 9.17) is 0 Å². The first-order valence-corrected chi connectivity index (χ1v) is 13.6. The standard InChI is InChI=1S/C34H37N3O2/c1-25(38)27-5-9-29(10-6-27)31-13-17-33(18-14-31)36-23-3-21-35-22-4-24-37-34-19-15-32(16-20-34)30-11-7-28(8-12-30)26(2)39/h5-20,35-37H,3-4,21-24H2,1-2H3. The van der Waals surface area contributed by atoms with Gasteiger partial charge in [0.15, 0.2) is 11.6 Å². The third-order valence-corrected chi connectivity index (χ3v) is 6.74. The van der Waals surface area contributed by atoms with Gasteiger partial charge in [0.05, 0.1) is 0 Å². The fourth-order valence-electron chi connectivity index (χ4n) is 4.37. The zero-order valence-corrected chi connectivity index (χ0v) is 22.8. The minimum atomic E-state index is 0.0879. The van der Waals surface area contributed by atoms with Crippen molar-refractivity contribution in [3.05, 3.63) is 108 Å². The van der Waals surface area contributed by atoms with Crippen molar-refractivity contribution in [2.24, 2.45) is 0 Å². The monoisotopic (exact) mass is 519 g/mol. The van der Waals surface area contributed by atoms with Crippen molar-refractivity contribution in [3.8, 4) is 22.3 Å². The van der Waals surface area contributed by atoms with E-state index in [1.165, 1.54) is 0 Å². The summed E-state index contributed by atoms with van der Waals surface area (Å²) in [5.74, 6) is 0.176. The van der Waals surface area contributed by atoms with Gasteiger partial charge in [-0.25, -0.2) is 0 Å². The van der Waals surface area contributed by atoms with E-state index < -0.39 is 0 Å². The number of nitrogens with one attached hydrogen (secondary N) is 3. The normalized spacial score (nSPS) is 10.7. The maximum atomic E-state index is 11.4. The molecular formula is C34H37N3O2. The number of benzene rings is 4. The van der Waals surface area contributed by atoms with E-state index in [-0.39, 0.29) is 11.6 Å². The Balaban J connectivity index is 1.07. The molecule has 0 bridgehead atoms. The van der Waals surface area contributed by atoms with Crippen molar-refractivity contribution in [2.75, 3.05) is 36.8 Å². The third kappa shape index (κ3) is 8.39. The van der Waals surface area contributed by atoms with Gasteiger partial charge in [-0.2, -0.15) is 0 Å². The highest BCUT2D eigenvalue weighted by Gasteiger charge is 2.03. The molecule has 5 nitrogen and oxygen atoms in total. The van der Waals surface area contributed by atoms with Gasteiger partial charge in [0.25, 0.3) is 0 Å². The second kappa shape index (κ2) is 14.1. The molecule has 0 atom stereocenters. The molecule has 0 saturated heterocycles. The first-order chi connectivity index (χ1) is 19.0. The summed E-state index contributed by atoms with van der Waals surface area (Å²) >= 11 is 0. The summed E-state index contributed by atoms with van der Waals surface area (Å²) in [5, 5.41) is 10.5. The fourth-order valence-corrected chi connectivity index (χ4v) is 4.37. The van der Waals surface area contributed by atoms with Crippen molar-refractivity contribution >= 4 is 22.9 Å². The van der Waals surface area contributed by atoms with Crippen LogP contribution in [0.15, 0.2) is 97.1 Å². The number of carbonyl (C=O) groups excluding carboxylic acids is 2. The van der Waals surface area contributed by atoms with Crippen molar-refractivity contribution < 1.29 is 9.59 Å². The number of hydrogen-bond acceptors (Lipinski definition) is 5. The van der Waals surface area contributed by atoms with Crippen LogP contribution in [0.3, 0.4) is 0 Å². The van der Waals surface area contributed by atoms with Gasteiger partial charge < -0.3 is 16.0 Å². The van der Waals surface area contributed by atoms with E-state index >= 15 is 0 Å². The van der Waals surface area contributed by atoms with Crippen LogP contribution in [0, 0.1) is 0 Å². The van der Waals surface area contributed by atoms with Gasteiger partial charge in [0.1, 0.15) is 0 Å². The smallest absolute Gasteiger partial charge is 0.159 e. The maximum absolute atomic E-state index is 11.4. The van der Waals surface area contributed by atoms with Gasteiger partial charge >= 0.3 is 0 Å². The molecule has 200 valence electrons. The predicted octanol–water partition coefficient (Wildman–Crippen LogP) is 7.32. The molecule has 0 amide bonds. The molecular weight excluding hydrogens is 482 g/mol. The Hall–Kier alpha value is -4.22. The topological polar surface area (TPSA) is 70.2 Å². The van der Waals surface area contributed by atoms with Gasteiger partial charge in [-0.05, 0) is 86.3 Å². The Labute approximate surface area is 231 Å². The Kier molecular flexibility index (Phi) is 10.0. The average molecular weight is 520 g/mol. The van der Waals surface area contributed by atoms with Crippen LogP contribution in [-0.2, 0) is 0 Å². The lowest BCUT2D eigenvalue weighted by Gasteiger charge is -2.10. The summed E-state index contributed by atoms with van der Waals surface area (Å²) < 4.78 is 0. The van der Waals surface area contributed by atoms with Crippen LogP contribution in [0.4, 0.5) is 11.4 Å². The van der Waals surface area contributed by atoms with Gasteiger partial charge in [-0.15, -0.1) is 0 Å². The molecule has 0 unspecified atom stereocenters. The van der Waals surface area contributed by atoms with E-state index in [2.05, 4.69) is 64.5 Å². The Morgan fingerprint density at radius 3 is 1.08 bits per heavy atom. The van der Waals surface area contributed by atoms with E-state index in [1.54, 1.807) is 13.8 Å². The van der Waals surface area contributed by atoms with Crippen LogP contribution in [0.2, 0.25) is 0 Å². The summed E-state index contributed by atoms with van der Waals surface area (Å²) in [5.41, 5.74) is 8.21.